The van der Waals surface area contributed by atoms with Crippen LogP contribution in [0.4, 0.5) is 0 Å². The summed E-state index contributed by atoms with van der Waals surface area (Å²) >= 11 is 0. The van der Waals surface area contributed by atoms with Crippen molar-refractivity contribution in [2.45, 2.75) is 0 Å². The third-order valence-electron chi connectivity index (χ3n) is 1.15. The molecule has 0 atom stereocenters. The van der Waals surface area contributed by atoms with E-state index in [2.05, 4.69) is 0 Å². The van der Waals surface area contributed by atoms with Gasteiger partial charge in [0.1, 0.15) is 5.76 Å². The summed E-state index contributed by atoms with van der Waals surface area (Å²) in [7, 11) is 0. The van der Waals surface area contributed by atoms with Crippen LogP contribution in [0.5, 0.6) is 0 Å². The van der Waals surface area contributed by atoms with Crippen LogP contribution < -0.4 is 34.7 Å². The molecule has 0 aliphatic rings. The Morgan fingerprint density at radius 2 is 2.23 bits per heavy atom. The molecule has 1 aromatic heterocycles. The van der Waals surface area contributed by atoms with Gasteiger partial charge < -0.3 is 14.3 Å². The van der Waals surface area contributed by atoms with Crippen molar-refractivity contribution in [3.8, 4) is 0 Å². The van der Waals surface area contributed by atoms with Crippen molar-refractivity contribution >= 4 is 12.0 Å². The summed E-state index contributed by atoms with van der Waals surface area (Å²) < 4.78 is 4.96. The number of hydrogen-bond donors (Lipinski definition) is 0. The summed E-state index contributed by atoms with van der Waals surface area (Å²) in [5.41, 5.74) is 0. The summed E-state index contributed by atoms with van der Waals surface area (Å²) in [5, 5.41) is 9.91. The standard InChI is InChI=1S/C9H8O3.Na/c10-9(11)6-2-1-4-8-5-3-7-12-8;/h1-7H,(H,10,11);/q;+1/p-1. The molecule has 0 N–H and O–H groups in total. The number of carboxylic acids is 1. The Morgan fingerprint density at radius 3 is 2.77 bits per heavy atom. The normalized spacial score (nSPS) is 10.5. The van der Waals surface area contributed by atoms with Crippen LogP contribution in [0.2, 0.25) is 0 Å². The molecular formula is C9H7NaO3. The Bertz CT molecular complexity index is 299. The van der Waals surface area contributed by atoms with Crippen molar-refractivity contribution in [2.24, 2.45) is 0 Å². The monoisotopic (exact) mass is 186 g/mol. The van der Waals surface area contributed by atoms with Crippen LogP contribution >= 0.6 is 0 Å². The molecule has 62 valence electrons. The zero-order chi connectivity index (χ0) is 8.81. The number of aliphatic carboxylic acids is 1. The summed E-state index contributed by atoms with van der Waals surface area (Å²) in [6.45, 7) is 0. The number of hydrogen-bond acceptors (Lipinski definition) is 3. The molecule has 0 saturated heterocycles. The summed E-state index contributed by atoms with van der Waals surface area (Å²) in [4.78, 5) is 9.91. The van der Waals surface area contributed by atoms with Crippen molar-refractivity contribution in [3.05, 3.63) is 42.4 Å². The van der Waals surface area contributed by atoms with Crippen LogP contribution in [0.25, 0.3) is 6.08 Å². The largest absolute Gasteiger partial charge is 1.00 e. The maximum Gasteiger partial charge on any atom is 1.00 e. The van der Waals surface area contributed by atoms with Gasteiger partial charge in [-0.15, -0.1) is 0 Å². The third kappa shape index (κ3) is 5.47. The zero-order valence-electron chi connectivity index (χ0n) is 7.27. The number of rotatable bonds is 3. The van der Waals surface area contributed by atoms with E-state index >= 15 is 0 Å². The van der Waals surface area contributed by atoms with Crippen molar-refractivity contribution in [3.63, 3.8) is 0 Å². The van der Waals surface area contributed by atoms with E-state index in [4.69, 9.17) is 4.42 Å². The Balaban J connectivity index is 0.00000144. The number of carboxylic acid groups (broad SMARTS) is 1. The van der Waals surface area contributed by atoms with E-state index in [9.17, 15) is 9.90 Å². The minimum absolute atomic E-state index is 0. The summed E-state index contributed by atoms with van der Waals surface area (Å²) in [6, 6.07) is 3.52. The molecule has 0 aliphatic carbocycles. The number of carbonyl (C=O) groups is 1. The van der Waals surface area contributed by atoms with E-state index in [0.29, 0.717) is 5.76 Å². The summed E-state index contributed by atoms with van der Waals surface area (Å²) in [6.07, 6.45) is 7.08. The van der Waals surface area contributed by atoms with Crippen LogP contribution in [-0.2, 0) is 4.79 Å². The van der Waals surface area contributed by atoms with Crippen LogP contribution in [0.1, 0.15) is 5.76 Å². The SMILES string of the molecule is O=C([O-])C=CC=Cc1ccco1.[Na+]. The maximum atomic E-state index is 9.91. The Morgan fingerprint density at radius 1 is 1.46 bits per heavy atom. The minimum atomic E-state index is -1.21. The molecule has 0 saturated carbocycles. The molecule has 1 aromatic rings. The first-order chi connectivity index (χ1) is 5.79. The first kappa shape index (κ1) is 12.2. The number of allylic oxidation sites excluding steroid dienone is 2. The Labute approximate surface area is 98.0 Å². The quantitative estimate of drug-likeness (QED) is 0.300. The van der Waals surface area contributed by atoms with Gasteiger partial charge in [-0.3, -0.25) is 0 Å². The topological polar surface area (TPSA) is 53.3 Å². The minimum Gasteiger partial charge on any atom is -0.545 e. The fourth-order valence-corrected chi connectivity index (χ4v) is 0.671. The second-order valence-corrected chi connectivity index (χ2v) is 2.05. The predicted molar refractivity (Wildman–Crippen MR) is 41.9 cm³/mol. The smallest absolute Gasteiger partial charge is 0.545 e. The molecule has 4 heteroatoms. The Hall–Kier alpha value is -0.770. The molecule has 13 heavy (non-hydrogen) atoms. The van der Waals surface area contributed by atoms with Crippen molar-refractivity contribution < 1.29 is 43.9 Å². The molecule has 0 bridgehead atoms. The van der Waals surface area contributed by atoms with E-state index < -0.39 is 5.97 Å². The van der Waals surface area contributed by atoms with Crippen LogP contribution in [0, 0.1) is 0 Å². The van der Waals surface area contributed by atoms with Gasteiger partial charge in [-0.05, 0) is 24.3 Å². The molecule has 0 spiro atoms. The van der Waals surface area contributed by atoms with E-state index in [1.165, 1.54) is 6.08 Å². The van der Waals surface area contributed by atoms with Crippen LogP contribution in [0.15, 0.2) is 41.0 Å². The second-order valence-electron chi connectivity index (χ2n) is 2.05. The van der Waals surface area contributed by atoms with Gasteiger partial charge in [0.15, 0.2) is 0 Å². The van der Waals surface area contributed by atoms with Crippen molar-refractivity contribution in [2.75, 3.05) is 0 Å². The van der Waals surface area contributed by atoms with Gasteiger partial charge in [-0.2, -0.15) is 0 Å². The van der Waals surface area contributed by atoms with Crippen molar-refractivity contribution in [1.82, 2.24) is 0 Å². The predicted octanol–water partition coefficient (Wildman–Crippen LogP) is -2.40. The third-order valence-corrected chi connectivity index (χ3v) is 1.15. The first-order valence-corrected chi connectivity index (χ1v) is 3.38. The van der Waals surface area contributed by atoms with Crippen LogP contribution in [0.3, 0.4) is 0 Å². The maximum absolute atomic E-state index is 9.91. The van der Waals surface area contributed by atoms with Crippen molar-refractivity contribution in [1.29, 1.82) is 0 Å². The second kappa shape index (κ2) is 6.71. The average Bonchev–Trinajstić information content (AvgIpc) is 2.49. The van der Waals surface area contributed by atoms with E-state index in [1.807, 2.05) is 0 Å². The summed E-state index contributed by atoms with van der Waals surface area (Å²) in [5.74, 6) is -0.530. The molecule has 0 fully saturated rings. The Kier molecular flexibility index (Phi) is 6.32. The molecule has 0 aromatic carbocycles. The fourth-order valence-electron chi connectivity index (χ4n) is 0.671. The van der Waals surface area contributed by atoms with Gasteiger partial charge in [-0.1, -0.05) is 12.2 Å². The van der Waals surface area contributed by atoms with Gasteiger partial charge in [0, 0.05) is 0 Å². The molecular weight excluding hydrogens is 179 g/mol. The van der Waals surface area contributed by atoms with E-state index in [1.54, 1.807) is 30.5 Å². The molecule has 0 amide bonds. The average molecular weight is 186 g/mol. The molecule has 0 unspecified atom stereocenters. The number of furan rings is 1. The molecule has 0 aliphatic heterocycles. The molecule has 1 heterocycles. The first-order valence-electron chi connectivity index (χ1n) is 3.38. The van der Waals surface area contributed by atoms with E-state index in [-0.39, 0.29) is 29.6 Å². The van der Waals surface area contributed by atoms with Gasteiger partial charge >= 0.3 is 29.6 Å². The number of carbonyl (C=O) groups excluding carboxylic acids is 1. The van der Waals surface area contributed by atoms with E-state index in [0.717, 1.165) is 6.08 Å². The van der Waals surface area contributed by atoms with Gasteiger partial charge in [-0.25, -0.2) is 0 Å². The zero-order valence-corrected chi connectivity index (χ0v) is 9.27. The molecule has 3 nitrogen and oxygen atoms in total. The fraction of sp³-hybridized carbons (Fsp3) is 0. The van der Waals surface area contributed by atoms with Gasteiger partial charge in [0.2, 0.25) is 0 Å². The molecule has 0 radical (unpaired) electrons. The van der Waals surface area contributed by atoms with Gasteiger partial charge in [0.25, 0.3) is 0 Å². The molecule has 1 rings (SSSR count). The van der Waals surface area contributed by atoms with Gasteiger partial charge in [0.05, 0.1) is 12.2 Å². The van der Waals surface area contributed by atoms with Crippen LogP contribution in [-0.4, -0.2) is 5.97 Å².